The Kier molecular flexibility index (Phi) is 7.12. The number of fused-ring (bicyclic) bond motifs is 1. The fraction of sp³-hybridized carbons (Fsp3) is 0.400. The van der Waals surface area contributed by atoms with Gasteiger partial charge in [-0.3, -0.25) is 14.5 Å². The number of hydrogen-bond acceptors (Lipinski definition) is 5. The Morgan fingerprint density at radius 1 is 1.18 bits per heavy atom. The second-order valence-corrected chi connectivity index (χ2v) is 9.08. The van der Waals surface area contributed by atoms with Crippen LogP contribution in [-0.4, -0.2) is 57.5 Å². The van der Waals surface area contributed by atoms with Crippen LogP contribution in [0.2, 0.25) is 5.02 Å². The Morgan fingerprint density at radius 3 is 2.55 bits per heavy atom. The minimum Gasteiger partial charge on any atom is -0.373 e. The topological polar surface area (TPSA) is 78.5 Å². The van der Waals surface area contributed by atoms with Gasteiger partial charge >= 0.3 is 0 Å². The average Bonchev–Trinajstić information content (AvgIpc) is 2.76. The maximum atomic E-state index is 13.1. The number of aromatic amines is 1. The first-order valence-corrected chi connectivity index (χ1v) is 11.6. The van der Waals surface area contributed by atoms with E-state index in [2.05, 4.69) is 28.7 Å². The lowest BCUT2D eigenvalue weighted by molar-refractivity contribution is -0.0704. The lowest BCUT2D eigenvalue weighted by Gasteiger charge is -2.35. The largest absolute Gasteiger partial charge is 0.373 e. The van der Waals surface area contributed by atoms with Crippen molar-refractivity contribution >= 4 is 28.4 Å². The van der Waals surface area contributed by atoms with Gasteiger partial charge in [0.25, 0.3) is 11.5 Å². The zero-order valence-electron chi connectivity index (χ0n) is 19.2. The van der Waals surface area contributed by atoms with Crippen molar-refractivity contribution in [1.82, 2.24) is 19.8 Å². The Labute approximate surface area is 198 Å². The zero-order chi connectivity index (χ0) is 23.5. The van der Waals surface area contributed by atoms with Crippen molar-refractivity contribution in [3.8, 4) is 0 Å². The number of morpholine rings is 1. The molecular weight excluding hydrogens is 440 g/mol. The number of carbonyl (C=O) groups is 1. The molecule has 1 N–H and O–H groups in total. The van der Waals surface area contributed by atoms with Gasteiger partial charge in [-0.05, 0) is 56.7 Å². The van der Waals surface area contributed by atoms with E-state index >= 15 is 0 Å². The Morgan fingerprint density at radius 2 is 1.88 bits per heavy atom. The van der Waals surface area contributed by atoms with Crippen molar-refractivity contribution in [1.29, 1.82) is 0 Å². The van der Waals surface area contributed by atoms with E-state index in [-0.39, 0.29) is 30.2 Å². The summed E-state index contributed by atoms with van der Waals surface area (Å²) in [4.78, 5) is 36.9. The molecule has 0 radical (unpaired) electrons. The van der Waals surface area contributed by atoms with Gasteiger partial charge in [-0.2, -0.15) is 0 Å². The van der Waals surface area contributed by atoms with E-state index in [0.29, 0.717) is 33.9 Å². The van der Waals surface area contributed by atoms with Gasteiger partial charge in [0.05, 0.1) is 29.7 Å². The summed E-state index contributed by atoms with van der Waals surface area (Å²) < 4.78 is 5.80. The van der Waals surface area contributed by atoms with Crippen LogP contribution in [0.1, 0.15) is 42.5 Å². The molecule has 0 saturated carbocycles. The molecule has 7 nitrogen and oxygen atoms in total. The average molecular weight is 469 g/mol. The summed E-state index contributed by atoms with van der Waals surface area (Å²) in [7, 11) is 0. The number of ether oxygens (including phenoxy) is 1. The number of nitrogens with zero attached hydrogens (tertiary/aromatic N) is 3. The van der Waals surface area contributed by atoms with E-state index < -0.39 is 0 Å². The number of halogens is 1. The third-order valence-electron chi connectivity index (χ3n) is 5.83. The van der Waals surface area contributed by atoms with E-state index in [1.54, 1.807) is 23.1 Å². The maximum absolute atomic E-state index is 13.1. The van der Waals surface area contributed by atoms with Crippen LogP contribution in [0.25, 0.3) is 10.9 Å². The highest BCUT2D eigenvalue weighted by molar-refractivity contribution is 6.31. The maximum Gasteiger partial charge on any atom is 0.258 e. The second kappa shape index (κ2) is 10.0. The van der Waals surface area contributed by atoms with Gasteiger partial charge < -0.3 is 14.6 Å². The Balaban J connectivity index is 1.46. The van der Waals surface area contributed by atoms with Crippen molar-refractivity contribution in [3.05, 3.63) is 74.8 Å². The molecule has 33 heavy (non-hydrogen) atoms. The number of carbonyl (C=O) groups excluding carboxylic acids is 1. The molecule has 1 amide bonds. The van der Waals surface area contributed by atoms with Crippen molar-refractivity contribution in [2.24, 2.45) is 0 Å². The van der Waals surface area contributed by atoms with Crippen LogP contribution in [0.5, 0.6) is 0 Å². The molecule has 2 unspecified atom stereocenters. The van der Waals surface area contributed by atoms with Crippen LogP contribution in [0.4, 0.5) is 0 Å². The van der Waals surface area contributed by atoms with E-state index in [0.717, 1.165) is 25.2 Å². The van der Waals surface area contributed by atoms with Gasteiger partial charge in [-0.15, -0.1) is 0 Å². The van der Waals surface area contributed by atoms with E-state index in [4.69, 9.17) is 16.3 Å². The first kappa shape index (κ1) is 23.4. The van der Waals surface area contributed by atoms with Crippen LogP contribution >= 0.6 is 11.6 Å². The van der Waals surface area contributed by atoms with Gasteiger partial charge in [0.1, 0.15) is 5.82 Å². The molecule has 4 rings (SSSR count). The van der Waals surface area contributed by atoms with Crippen molar-refractivity contribution in [2.75, 3.05) is 19.6 Å². The predicted octanol–water partition coefficient (Wildman–Crippen LogP) is 3.85. The molecule has 1 aromatic heterocycles. The molecule has 1 aliphatic rings. The third-order valence-corrected chi connectivity index (χ3v) is 6.06. The first-order chi connectivity index (χ1) is 15.8. The molecule has 1 fully saturated rings. The highest BCUT2D eigenvalue weighted by atomic mass is 35.5. The van der Waals surface area contributed by atoms with Gasteiger partial charge in [0.2, 0.25) is 0 Å². The molecule has 8 heteroatoms. The van der Waals surface area contributed by atoms with E-state index in [9.17, 15) is 9.59 Å². The summed E-state index contributed by atoms with van der Waals surface area (Å²) in [6, 6.07) is 12.7. The van der Waals surface area contributed by atoms with Crippen molar-refractivity contribution in [2.45, 2.75) is 46.1 Å². The second-order valence-electron chi connectivity index (χ2n) is 8.64. The van der Waals surface area contributed by atoms with E-state index in [1.807, 2.05) is 31.2 Å². The smallest absolute Gasteiger partial charge is 0.258 e. The standard InChI is InChI=1S/C25H29ClN4O3/c1-4-30(15-23-27-22-11-20(26)9-10-21(22)24(31)28-23)25(32)19-7-5-18(6-8-19)14-29-12-16(2)33-17(3)13-29/h5-11,16-17H,4,12-15H2,1-3H3,(H,27,28,31). The highest BCUT2D eigenvalue weighted by Gasteiger charge is 2.22. The highest BCUT2D eigenvalue weighted by Crippen LogP contribution is 2.17. The number of amides is 1. The third kappa shape index (κ3) is 5.61. The fourth-order valence-electron chi connectivity index (χ4n) is 4.35. The van der Waals surface area contributed by atoms with Crippen LogP contribution in [0.3, 0.4) is 0 Å². The molecule has 1 aliphatic heterocycles. The van der Waals surface area contributed by atoms with Crippen molar-refractivity contribution in [3.63, 3.8) is 0 Å². The molecule has 0 bridgehead atoms. The Bertz CT molecular complexity index is 1180. The van der Waals surface area contributed by atoms with Gasteiger partial charge in [-0.25, -0.2) is 4.98 Å². The lowest BCUT2D eigenvalue weighted by Crippen LogP contribution is -2.44. The molecule has 2 heterocycles. The predicted molar refractivity (Wildman–Crippen MR) is 130 cm³/mol. The van der Waals surface area contributed by atoms with Crippen LogP contribution in [-0.2, 0) is 17.8 Å². The van der Waals surface area contributed by atoms with Gasteiger partial charge in [-0.1, -0.05) is 23.7 Å². The zero-order valence-corrected chi connectivity index (χ0v) is 19.9. The minimum atomic E-state index is -0.244. The molecule has 2 aromatic carbocycles. The number of benzene rings is 2. The van der Waals surface area contributed by atoms with Gasteiger partial charge in [0.15, 0.2) is 0 Å². The number of rotatable bonds is 6. The molecule has 3 aromatic rings. The minimum absolute atomic E-state index is 0.105. The van der Waals surface area contributed by atoms with Crippen LogP contribution in [0.15, 0.2) is 47.3 Å². The van der Waals surface area contributed by atoms with Crippen LogP contribution < -0.4 is 5.56 Å². The fourth-order valence-corrected chi connectivity index (χ4v) is 4.52. The first-order valence-electron chi connectivity index (χ1n) is 11.3. The molecule has 2 atom stereocenters. The van der Waals surface area contributed by atoms with Crippen molar-refractivity contribution < 1.29 is 9.53 Å². The summed E-state index contributed by atoms with van der Waals surface area (Å²) in [5.74, 6) is 0.323. The summed E-state index contributed by atoms with van der Waals surface area (Å²) in [6.07, 6.45) is 0.442. The summed E-state index contributed by atoms with van der Waals surface area (Å²) in [6.45, 7) is 9.41. The monoisotopic (exact) mass is 468 g/mol. The molecular formula is C25H29ClN4O3. The molecule has 0 spiro atoms. The Hall–Kier alpha value is -2.74. The number of H-pyrrole nitrogens is 1. The number of nitrogens with one attached hydrogen (secondary N) is 1. The normalized spacial score (nSPS) is 19.0. The van der Waals surface area contributed by atoms with Gasteiger partial charge in [0, 0.05) is 36.8 Å². The SMILES string of the molecule is CCN(Cc1nc2cc(Cl)ccc2c(=O)[nH]1)C(=O)c1ccc(CN2CC(C)OC(C)C2)cc1. The lowest BCUT2D eigenvalue weighted by atomic mass is 10.1. The van der Waals surface area contributed by atoms with E-state index in [1.165, 1.54) is 0 Å². The summed E-state index contributed by atoms with van der Waals surface area (Å²) in [5, 5.41) is 0.980. The number of aromatic nitrogens is 2. The molecule has 174 valence electrons. The molecule has 1 saturated heterocycles. The van der Waals surface area contributed by atoms with Crippen LogP contribution in [0, 0.1) is 0 Å². The summed E-state index contributed by atoms with van der Waals surface area (Å²) in [5.41, 5.74) is 2.04. The summed E-state index contributed by atoms with van der Waals surface area (Å²) >= 11 is 6.05. The molecule has 0 aliphatic carbocycles. The quantitative estimate of drug-likeness (QED) is 0.594. The number of hydrogen-bond donors (Lipinski definition) is 1.